The molecule has 0 fully saturated rings. The second-order valence-corrected chi connectivity index (χ2v) is 19.2. The van der Waals surface area contributed by atoms with Crippen molar-refractivity contribution in [3.05, 3.63) is 282 Å². The average Bonchev–Trinajstić information content (AvgIpc) is 4.07. The zero-order valence-corrected chi connectivity index (χ0v) is 38.2. The summed E-state index contributed by atoms with van der Waals surface area (Å²) in [6.07, 6.45) is -0.339. The van der Waals surface area contributed by atoms with E-state index in [2.05, 4.69) is 253 Å². The van der Waals surface area contributed by atoms with Crippen LogP contribution in [-0.4, -0.2) is 16.2 Å². The van der Waals surface area contributed by atoms with Crippen LogP contribution in [0.25, 0.3) is 69.9 Å². The number of thiophene rings is 1. The van der Waals surface area contributed by atoms with Gasteiger partial charge in [0.25, 0.3) is 0 Å². The lowest BCUT2D eigenvalue weighted by atomic mass is 9.67. The first-order valence-corrected chi connectivity index (χ1v) is 24.4. The van der Waals surface area contributed by atoms with Crippen LogP contribution in [-0.2, 0) is 5.41 Å². The molecule has 10 aromatic carbocycles. The van der Waals surface area contributed by atoms with Gasteiger partial charge in [0.1, 0.15) is 12.0 Å². The zero-order chi connectivity index (χ0) is 45.5. The zero-order valence-electron chi connectivity index (χ0n) is 37.4. The van der Waals surface area contributed by atoms with E-state index < -0.39 is 5.41 Å². The van der Waals surface area contributed by atoms with Crippen molar-refractivity contribution in [3.63, 3.8) is 0 Å². The molecule has 1 aliphatic carbocycles. The lowest BCUT2D eigenvalue weighted by molar-refractivity contribution is 0.674. The molecule has 3 heterocycles. The van der Waals surface area contributed by atoms with Crippen molar-refractivity contribution in [1.82, 2.24) is 9.88 Å². The van der Waals surface area contributed by atoms with E-state index in [-0.39, 0.29) is 6.17 Å². The Morgan fingerprint density at radius 2 is 1.04 bits per heavy atom. The second kappa shape index (κ2) is 15.7. The molecule has 0 radical (unpaired) electrons. The van der Waals surface area contributed by atoms with Gasteiger partial charge in [-0.05, 0) is 98.6 Å². The second-order valence-electron chi connectivity index (χ2n) is 18.1. The summed E-state index contributed by atoms with van der Waals surface area (Å²) in [4.78, 5) is 10.9. The summed E-state index contributed by atoms with van der Waals surface area (Å²) in [5.74, 6) is 1.52. The normalized spacial score (nSPS) is 14.9. The molecular weight excluding hydrogens is 857 g/mol. The highest BCUT2D eigenvalue weighted by molar-refractivity contribution is 7.25. The molecule has 1 aliphatic heterocycles. The summed E-state index contributed by atoms with van der Waals surface area (Å²) < 4.78 is 4.85. The first-order valence-electron chi connectivity index (χ1n) is 23.6. The molecule has 4 nitrogen and oxygen atoms in total. The number of para-hydroxylation sites is 2. The summed E-state index contributed by atoms with van der Waals surface area (Å²) in [7, 11) is 0. The molecule has 0 bridgehead atoms. The van der Waals surface area contributed by atoms with E-state index in [1.165, 1.54) is 92.2 Å². The Balaban J connectivity index is 0.889. The number of aromatic nitrogens is 1. The Morgan fingerprint density at radius 3 is 1.83 bits per heavy atom. The Kier molecular flexibility index (Phi) is 9.01. The van der Waals surface area contributed by atoms with Gasteiger partial charge in [-0.25, -0.2) is 9.98 Å². The van der Waals surface area contributed by atoms with Crippen molar-refractivity contribution in [2.45, 2.75) is 11.6 Å². The summed E-state index contributed by atoms with van der Waals surface area (Å²) in [5, 5.41) is 8.77. The highest BCUT2D eigenvalue weighted by Crippen LogP contribution is 2.57. The molecule has 0 saturated carbocycles. The van der Waals surface area contributed by atoms with Gasteiger partial charge in [0, 0.05) is 47.8 Å². The van der Waals surface area contributed by atoms with Crippen LogP contribution >= 0.6 is 11.3 Å². The van der Waals surface area contributed by atoms with E-state index in [9.17, 15) is 0 Å². The molecule has 0 amide bonds. The van der Waals surface area contributed by atoms with Crippen molar-refractivity contribution in [2.75, 3.05) is 0 Å². The monoisotopic (exact) mass is 898 g/mol. The van der Waals surface area contributed by atoms with Crippen LogP contribution in [0.4, 0.5) is 0 Å². The van der Waals surface area contributed by atoms with E-state index in [1.54, 1.807) is 0 Å². The van der Waals surface area contributed by atoms with Crippen molar-refractivity contribution in [2.24, 2.45) is 9.98 Å². The van der Waals surface area contributed by atoms with Crippen LogP contribution in [0.2, 0.25) is 0 Å². The predicted molar refractivity (Wildman–Crippen MR) is 288 cm³/mol. The molecule has 324 valence electrons. The summed E-state index contributed by atoms with van der Waals surface area (Å²) in [6, 6.07) is 88.1. The molecule has 1 N–H and O–H groups in total. The molecule has 5 heteroatoms. The van der Waals surface area contributed by atoms with Crippen molar-refractivity contribution < 1.29 is 0 Å². The Labute approximate surface area is 403 Å². The Morgan fingerprint density at radius 1 is 0.435 bits per heavy atom. The van der Waals surface area contributed by atoms with Gasteiger partial charge in [0.05, 0.1) is 16.4 Å². The topological polar surface area (TPSA) is 41.7 Å². The molecule has 0 saturated heterocycles. The number of fused-ring (bicyclic) bond motifs is 9. The number of nitrogens with zero attached hydrogens (tertiary/aromatic N) is 3. The predicted octanol–water partition coefficient (Wildman–Crippen LogP) is 15.7. The maximum atomic E-state index is 5.48. The molecular formula is C64H42N4S. The SMILES string of the molecule is c1ccc(C2N=C(c3cccc4c3-c3ccccc3C4(c3ccccc3)c3ccccc3)N=C(c3ccc4c(c3)sc3ccc(-c5ccc6c(c5)c5ccccc5n6-c5ccccc5)cc34)N2)cc1. The third-order valence-electron chi connectivity index (χ3n) is 14.3. The van der Waals surface area contributed by atoms with Crippen LogP contribution in [0, 0.1) is 0 Å². The average molecular weight is 899 g/mol. The minimum atomic E-state index is -0.523. The fraction of sp³-hybridized carbons (Fsp3) is 0.0312. The summed E-state index contributed by atoms with van der Waals surface area (Å²) >= 11 is 1.83. The first kappa shape index (κ1) is 39.5. The van der Waals surface area contributed by atoms with Gasteiger partial charge >= 0.3 is 0 Å². The number of benzene rings is 10. The van der Waals surface area contributed by atoms with Crippen molar-refractivity contribution >= 4 is 65.0 Å². The van der Waals surface area contributed by atoms with Gasteiger partial charge in [-0.1, -0.05) is 194 Å². The lowest BCUT2D eigenvalue weighted by Gasteiger charge is -2.34. The van der Waals surface area contributed by atoms with Gasteiger partial charge in [-0.2, -0.15) is 0 Å². The van der Waals surface area contributed by atoms with Crippen LogP contribution in [0.5, 0.6) is 0 Å². The summed E-state index contributed by atoms with van der Waals surface area (Å²) in [5.41, 5.74) is 15.9. The fourth-order valence-electron chi connectivity index (χ4n) is 11.3. The van der Waals surface area contributed by atoms with Crippen molar-refractivity contribution in [3.8, 4) is 27.9 Å². The van der Waals surface area contributed by atoms with E-state index in [0.717, 1.165) is 22.5 Å². The van der Waals surface area contributed by atoms with Crippen molar-refractivity contribution in [1.29, 1.82) is 0 Å². The van der Waals surface area contributed by atoms with Crippen LogP contribution < -0.4 is 5.32 Å². The third-order valence-corrected chi connectivity index (χ3v) is 15.5. The van der Waals surface area contributed by atoms with Crippen LogP contribution in [0.3, 0.4) is 0 Å². The molecule has 2 aromatic heterocycles. The van der Waals surface area contributed by atoms with E-state index in [0.29, 0.717) is 5.84 Å². The molecule has 1 atom stereocenters. The highest BCUT2D eigenvalue weighted by Gasteiger charge is 2.47. The molecule has 69 heavy (non-hydrogen) atoms. The lowest BCUT2D eigenvalue weighted by Crippen LogP contribution is -2.33. The number of hydrogen-bond acceptors (Lipinski definition) is 4. The van der Waals surface area contributed by atoms with Gasteiger partial charge < -0.3 is 9.88 Å². The minimum absolute atomic E-state index is 0.339. The van der Waals surface area contributed by atoms with E-state index >= 15 is 0 Å². The third kappa shape index (κ3) is 6.14. The molecule has 1 unspecified atom stereocenters. The number of amidine groups is 2. The van der Waals surface area contributed by atoms with Gasteiger partial charge in [0.15, 0.2) is 5.84 Å². The summed E-state index contributed by atoms with van der Waals surface area (Å²) in [6.45, 7) is 0. The van der Waals surface area contributed by atoms with Crippen LogP contribution in [0.1, 0.15) is 45.1 Å². The molecule has 12 aromatic rings. The number of hydrogen-bond donors (Lipinski definition) is 1. The minimum Gasteiger partial charge on any atom is -0.344 e. The number of nitrogens with one attached hydrogen (secondary N) is 1. The van der Waals surface area contributed by atoms with Gasteiger partial charge in [-0.15, -0.1) is 11.3 Å². The van der Waals surface area contributed by atoms with E-state index in [4.69, 9.17) is 9.98 Å². The van der Waals surface area contributed by atoms with E-state index in [1.807, 2.05) is 11.3 Å². The fourth-order valence-corrected chi connectivity index (χ4v) is 12.4. The first-order chi connectivity index (χ1) is 34.2. The Hall–Kier alpha value is -8.64. The quantitative estimate of drug-likeness (QED) is 0.170. The molecule has 0 spiro atoms. The largest absolute Gasteiger partial charge is 0.344 e. The van der Waals surface area contributed by atoms with Crippen LogP contribution in [0.15, 0.2) is 253 Å². The maximum Gasteiger partial charge on any atom is 0.160 e. The number of rotatable bonds is 7. The van der Waals surface area contributed by atoms with Gasteiger partial charge in [-0.3, -0.25) is 0 Å². The smallest absolute Gasteiger partial charge is 0.160 e. The number of aliphatic imine (C=N–C) groups is 2. The molecule has 2 aliphatic rings. The molecule has 14 rings (SSSR count). The Bertz CT molecular complexity index is 4000. The standard InChI is InChI=1S/C64H42N4S/c1-5-18-41(19-6-1)61-65-62(67-63(66-61)51-28-17-30-55-60(51)50-27-13-15-29-54(50)64(55,45-20-7-2-8-21-45)46-22-9-3-10-23-46)44-32-35-49-53-39-43(34-37-58(53)69-59(49)40-44)42-33-36-57-52(38-42)48-26-14-16-31-56(48)68(57)47-24-11-4-12-25-47/h1-40,61H,(H,65,66,67). The maximum absolute atomic E-state index is 5.48. The van der Waals surface area contributed by atoms with Gasteiger partial charge in [0.2, 0.25) is 0 Å². The highest BCUT2D eigenvalue weighted by atomic mass is 32.1.